The molecule has 0 unspecified atom stereocenters. The van der Waals surface area contributed by atoms with Crippen LogP contribution in [0.4, 0.5) is 17.1 Å². The summed E-state index contributed by atoms with van der Waals surface area (Å²) in [6.07, 6.45) is 0. The topological polar surface area (TPSA) is 16.4 Å². The van der Waals surface area contributed by atoms with Crippen LogP contribution >= 0.6 is 0 Å². The van der Waals surface area contributed by atoms with Crippen LogP contribution in [0.15, 0.2) is 126 Å². The molecule has 7 rings (SSSR count). The molecule has 6 aromatic carbocycles. The summed E-state index contributed by atoms with van der Waals surface area (Å²) in [4.78, 5) is 2.35. The summed E-state index contributed by atoms with van der Waals surface area (Å²) in [7, 11) is 0. The molecule has 0 bridgehead atoms. The zero-order chi connectivity index (χ0) is 23.4. The highest BCUT2D eigenvalue weighted by molar-refractivity contribution is 6.28. The van der Waals surface area contributed by atoms with Crippen LogP contribution in [0.5, 0.6) is 0 Å². The second-order valence-electron chi connectivity index (χ2n) is 9.03. The summed E-state index contributed by atoms with van der Waals surface area (Å²) >= 11 is 0. The standard InChI is InChI=1S/C33H23NO/c1-22-11-5-10-18-28(22)34(24-13-3-2-4-14-24)29-21-31-33(27-17-9-8-16-26(27)29)32-25-15-7-6-12-23(25)19-20-30(32)35-31/h2-21H,1H3. The largest absolute Gasteiger partial charge is 0.456 e. The van der Waals surface area contributed by atoms with Crippen molar-refractivity contribution >= 4 is 60.5 Å². The minimum Gasteiger partial charge on any atom is -0.456 e. The zero-order valence-corrected chi connectivity index (χ0v) is 19.4. The van der Waals surface area contributed by atoms with Crippen LogP contribution in [-0.4, -0.2) is 0 Å². The van der Waals surface area contributed by atoms with Crippen molar-refractivity contribution in [3.63, 3.8) is 0 Å². The Morgan fingerprint density at radius 2 is 1.17 bits per heavy atom. The van der Waals surface area contributed by atoms with Crippen LogP contribution in [0, 0.1) is 6.92 Å². The fourth-order valence-electron chi connectivity index (χ4n) is 5.37. The van der Waals surface area contributed by atoms with Gasteiger partial charge in [0.2, 0.25) is 0 Å². The molecule has 0 atom stereocenters. The van der Waals surface area contributed by atoms with Crippen molar-refractivity contribution in [1.82, 2.24) is 0 Å². The van der Waals surface area contributed by atoms with E-state index in [9.17, 15) is 0 Å². The summed E-state index contributed by atoms with van der Waals surface area (Å²) in [6, 6.07) is 42.8. The Morgan fingerprint density at radius 1 is 0.514 bits per heavy atom. The number of rotatable bonds is 3. The Balaban J connectivity index is 1.64. The number of anilines is 3. The third-order valence-corrected chi connectivity index (χ3v) is 6.96. The van der Waals surface area contributed by atoms with Gasteiger partial charge in [-0.2, -0.15) is 0 Å². The molecule has 0 saturated heterocycles. The van der Waals surface area contributed by atoms with Crippen molar-refractivity contribution in [1.29, 1.82) is 0 Å². The van der Waals surface area contributed by atoms with Gasteiger partial charge in [-0.15, -0.1) is 0 Å². The lowest BCUT2D eigenvalue weighted by molar-refractivity contribution is 0.669. The van der Waals surface area contributed by atoms with E-state index in [1.165, 1.54) is 37.9 Å². The molecule has 2 heteroatoms. The summed E-state index contributed by atoms with van der Waals surface area (Å²) in [6.45, 7) is 2.17. The van der Waals surface area contributed by atoms with E-state index in [0.29, 0.717) is 0 Å². The molecular formula is C33H23NO. The molecular weight excluding hydrogens is 426 g/mol. The van der Waals surface area contributed by atoms with Crippen LogP contribution < -0.4 is 4.90 Å². The minimum absolute atomic E-state index is 0.902. The number of hydrogen-bond acceptors (Lipinski definition) is 2. The van der Waals surface area contributed by atoms with Crippen molar-refractivity contribution in [2.45, 2.75) is 6.92 Å². The first-order valence-electron chi connectivity index (χ1n) is 12.0. The smallest absolute Gasteiger partial charge is 0.138 e. The Labute approximate surface area is 203 Å². The average Bonchev–Trinajstić information content (AvgIpc) is 3.30. The van der Waals surface area contributed by atoms with E-state index in [1.54, 1.807) is 0 Å². The molecule has 0 fully saturated rings. The number of fused-ring (bicyclic) bond motifs is 7. The Hall–Kier alpha value is -4.56. The van der Waals surface area contributed by atoms with E-state index in [4.69, 9.17) is 4.42 Å². The van der Waals surface area contributed by atoms with Gasteiger partial charge in [0, 0.05) is 33.6 Å². The second kappa shape index (κ2) is 7.75. The number of hydrogen-bond donors (Lipinski definition) is 0. The molecule has 0 aliphatic rings. The van der Waals surface area contributed by atoms with Gasteiger partial charge in [-0.3, -0.25) is 0 Å². The zero-order valence-electron chi connectivity index (χ0n) is 19.4. The number of furan rings is 1. The van der Waals surface area contributed by atoms with Crippen LogP contribution in [0.3, 0.4) is 0 Å². The molecule has 2 nitrogen and oxygen atoms in total. The average molecular weight is 450 g/mol. The Bertz CT molecular complexity index is 1860. The molecule has 0 N–H and O–H groups in total. The fraction of sp³-hybridized carbons (Fsp3) is 0.0303. The van der Waals surface area contributed by atoms with E-state index in [-0.39, 0.29) is 0 Å². The van der Waals surface area contributed by atoms with E-state index in [2.05, 4.69) is 133 Å². The lowest BCUT2D eigenvalue weighted by Crippen LogP contribution is -2.11. The summed E-state index contributed by atoms with van der Waals surface area (Å²) in [5.74, 6) is 0. The van der Waals surface area contributed by atoms with Gasteiger partial charge in [0.25, 0.3) is 0 Å². The third-order valence-electron chi connectivity index (χ3n) is 6.96. The lowest BCUT2D eigenvalue weighted by Gasteiger charge is -2.28. The number of para-hydroxylation sites is 2. The van der Waals surface area contributed by atoms with Gasteiger partial charge in [-0.1, -0.05) is 91.0 Å². The molecule has 1 heterocycles. The quantitative estimate of drug-likeness (QED) is 0.267. The maximum Gasteiger partial charge on any atom is 0.138 e. The Kier molecular flexibility index (Phi) is 4.40. The molecule has 0 aliphatic carbocycles. The first-order valence-corrected chi connectivity index (χ1v) is 12.0. The van der Waals surface area contributed by atoms with Crippen molar-refractivity contribution in [3.05, 3.63) is 127 Å². The van der Waals surface area contributed by atoms with Crippen LogP contribution in [-0.2, 0) is 0 Å². The third kappa shape index (κ3) is 3.04. The summed E-state index contributed by atoms with van der Waals surface area (Å²) in [5, 5.41) is 7.20. The van der Waals surface area contributed by atoms with Gasteiger partial charge in [-0.05, 0) is 52.9 Å². The lowest BCUT2D eigenvalue weighted by atomic mass is 9.98. The maximum absolute atomic E-state index is 6.53. The highest BCUT2D eigenvalue weighted by Crippen LogP contribution is 2.46. The van der Waals surface area contributed by atoms with Gasteiger partial charge in [-0.25, -0.2) is 0 Å². The second-order valence-corrected chi connectivity index (χ2v) is 9.03. The molecule has 0 radical (unpaired) electrons. The van der Waals surface area contributed by atoms with Gasteiger partial charge in [0.15, 0.2) is 0 Å². The first kappa shape index (κ1) is 19.9. The Morgan fingerprint density at radius 3 is 2.00 bits per heavy atom. The van der Waals surface area contributed by atoms with E-state index >= 15 is 0 Å². The predicted molar refractivity (Wildman–Crippen MR) is 148 cm³/mol. The fourth-order valence-corrected chi connectivity index (χ4v) is 5.37. The SMILES string of the molecule is Cc1ccccc1N(c1ccccc1)c1cc2oc3ccc4ccccc4c3c2c2ccccc12. The highest BCUT2D eigenvalue weighted by atomic mass is 16.3. The number of nitrogens with zero attached hydrogens (tertiary/aromatic N) is 1. The molecule has 0 spiro atoms. The normalized spacial score (nSPS) is 11.6. The summed E-state index contributed by atoms with van der Waals surface area (Å²) < 4.78 is 6.53. The molecule has 0 aliphatic heterocycles. The van der Waals surface area contributed by atoms with Crippen LogP contribution in [0.2, 0.25) is 0 Å². The van der Waals surface area contributed by atoms with Crippen LogP contribution in [0.25, 0.3) is 43.5 Å². The molecule has 0 amide bonds. The minimum atomic E-state index is 0.902. The van der Waals surface area contributed by atoms with Crippen molar-refractivity contribution in [3.8, 4) is 0 Å². The first-order chi connectivity index (χ1) is 17.3. The van der Waals surface area contributed by atoms with Crippen LogP contribution in [0.1, 0.15) is 5.56 Å². The summed E-state index contributed by atoms with van der Waals surface area (Å²) in [5.41, 5.74) is 6.42. The monoisotopic (exact) mass is 449 g/mol. The van der Waals surface area contributed by atoms with Crippen molar-refractivity contribution < 1.29 is 4.42 Å². The van der Waals surface area contributed by atoms with E-state index in [1.807, 2.05) is 0 Å². The van der Waals surface area contributed by atoms with Crippen molar-refractivity contribution in [2.75, 3.05) is 4.90 Å². The molecule has 1 aromatic heterocycles. The van der Waals surface area contributed by atoms with Gasteiger partial charge < -0.3 is 9.32 Å². The molecule has 166 valence electrons. The van der Waals surface area contributed by atoms with E-state index in [0.717, 1.165) is 28.2 Å². The number of benzene rings is 6. The van der Waals surface area contributed by atoms with E-state index < -0.39 is 0 Å². The van der Waals surface area contributed by atoms with Crippen molar-refractivity contribution in [2.24, 2.45) is 0 Å². The molecule has 7 aromatic rings. The van der Waals surface area contributed by atoms with Gasteiger partial charge in [0.1, 0.15) is 11.2 Å². The molecule has 0 saturated carbocycles. The van der Waals surface area contributed by atoms with Gasteiger partial charge in [0.05, 0.1) is 5.69 Å². The van der Waals surface area contributed by atoms with Gasteiger partial charge >= 0.3 is 0 Å². The predicted octanol–water partition coefficient (Wildman–Crippen LogP) is 9.67. The maximum atomic E-state index is 6.53. The highest BCUT2D eigenvalue weighted by Gasteiger charge is 2.21. The molecule has 35 heavy (non-hydrogen) atoms. The number of aryl methyl sites for hydroxylation is 1.